The Kier molecular flexibility index (Phi) is 3.25. The second kappa shape index (κ2) is 4.51. The van der Waals surface area contributed by atoms with Crippen molar-refractivity contribution in [2.75, 3.05) is 20.6 Å². The minimum atomic E-state index is 0.342. The van der Waals surface area contributed by atoms with Crippen molar-refractivity contribution in [3.8, 4) is 0 Å². The van der Waals surface area contributed by atoms with Gasteiger partial charge in [-0.1, -0.05) is 0 Å². The van der Waals surface area contributed by atoms with E-state index in [-0.39, 0.29) is 0 Å². The normalized spacial score (nSPS) is 18.8. The van der Waals surface area contributed by atoms with E-state index >= 15 is 0 Å². The first kappa shape index (κ1) is 11.5. The number of nitrogens with zero attached hydrogens (tertiary/aromatic N) is 3. The predicted molar refractivity (Wildman–Crippen MR) is 61.0 cm³/mol. The van der Waals surface area contributed by atoms with Crippen molar-refractivity contribution in [1.29, 1.82) is 0 Å². The van der Waals surface area contributed by atoms with E-state index in [4.69, 9.17) is 4.42 Å². The van der Waals surface area contributed by atoms with Crippen molar-refractivity contribution in [2.45, 2.75) is 38.3 Å². The van der Waals surface area contributed by atoms with Crippen LogP contribution in [0.1, 0.15) is 31.0 Å². The molecule has 0 spiro atoms. The molecule has 16 heavy (non-hydrogen) atoms. The average molecular weight is 224 g/mol. The van der Waals surface area contributed by atoms with Crippen LogP contribution in [0.4, 0.5) is 0 Å². The van der Waals surface area contributed by atoms with E-state index in [0.717, 1.165) is 6.54 Å². The number of hydrogen-bond donors (Lipinski definition) is 1. The average Bonchev–Trinajstić information content (AvgIpc) is 2.55. The van der Waals surface area contributed by atoms with Crippen LogP contribution in [0.5, 0.6) is 0 Å². The summed E-state index contributed by atoms with van der Waals surface area (Å²) in [5.41, 5.74) is 0.342. The van der Waals surface area contributed by atoms with Crippen LogP contribution in [-0.4, -0.2) is 41.3 Å². The molecule has 1 saturated carbocycles. The molecule has 5 heteroatoms. The lowest BCUT2D eigenvalue weighted by atomic mass is 9.75. The van der Waals surface area contributed by atoms with Gasteiger partial charge < -0.3 is 14.6 Å². The smallest absolute Gasteiger partial charge is 0.230 e. The fraction of sp³-hybridized carbons (Fsp3) is 0.818. The summed E-state index contributed by atoms with van der Waals surface area (Å²) in [5.74, 6) is 1.30. The maximum absolute atomic E-state index is 5.31. The van der Waals surface area contributed by atoms with Crippen LogP contribution in [0.25, 0.3) is 0 Å². The van der Waals surface area contributed by atoms with Gasteiger partial charge in [0.25, 0.3) is 0 Å². The van der Waals surface area contributed by atoms with Crippen LogP contribution in [-0.2, 0) is 6.54 Å². The quantitative estimate of drug-likeness (QED) is 0.807. The summed E-state index contributed by atoms with van der Waals surface area (Å²) in [4.78, 5) is 2.32. The molecule has 0 unspecified atom stereocenters. The maximum atomic E-state index is 5.31. The fourth-order valence-corrected chi connectivity index (χ4v) is 2.18. The molecular weight excluding hydrogens is 204 g/mol. The summed E-state index contributed by atoms with van der Waals surface area (Å²) in [7, 11) is 4.30. The van der Waals surface area contributed by atoms with E-state index in [1.165, 1.54) is 19.3 Å². The van der Waals surface area contributed by atoms with E-state index in [0.29, 0.717) is 23.9 Å². The van der Waals surface area contributed by atoms with Crippen molar-refractivity contribution >= 4 is 0 Å². The highest BCUT2D eigenvalue weighted by atomic mass is 16.4. The Bertz CT molecular complexity index is 344. The van der Waals surface area contributed by atoms with Gasteiger partial charge in [0.1, 0.15) is 0 Å². The van der Waals surface area contributed by atoms with Gasteiger partial charge in [-0.05, 0) is 33.4 Å². The molecule has 1 fully saturated rings. The summed E-state index contributed by atoms with van der Waals surface area (Å²) < 4.78 is 5.31. The molecule has 1 aliphatic carbocycles. The second-order valence-corrected chi connectivity index (χ2v) is 4.79. The molecule has 1 aliphatic rings. The van der Waals surface area contributed by atoms with Crippen molar-refractivity contribution in [2.24, 2.45) is 0 Å². The van der Waals surface area contributed by atoms with E-state index in [1.807, 2.05) is 6.92 Å². The molecular formula is C11H20N4O. The molecule has 1 aromatic heterocycles. The lowest BCUT2D eigenvalue weighted by Crippen LogP contribution is -2.56. The van der Waals surface area contributed by atoms with Crippen molar-refractivity contribution in [3.63, 3.8) is 0 Å². The Morgan fingerprint density at radius 2 is 2.12 bits per heavy atom. The second-order valence-electron chi connectivity index (χ2n) is 4.79. The molecule has 0 saturated heterocycles. The first-order chi connectivity index (χ1) is 7.62. The standard InChI is InChI=1S/C11H20N4O/c1-9-13-14-10(16-9)7-12-8-11(15(2)3)5-4-6-11/h12H,4-8H2,1-3H3. The van der Waals surface area contributed by atoms with Gasteiger partial charge in [-0.25, -0.2) is 0 Å². The van der Waals surface area contributed by atoms with Gasteiger partial charge in [0, 0.05) is 19.0 Å². The number of nitrogens with one attached hydrogen (secondary N) is 1. The van der Waals surface area contributed by atoms with Crippen LogP contribution < -0.4 is 5.32 Å². The Morgan fingerprint density at radius 1 is 1.38 bits per heavy atom. The van der Waals surface area contributed by atoms with Crippen molar-refractivity contribution in [1.82, 2.24) is 20.4 Å². The summed E-state index contributed by atoms with van der Waals surface area (Å²) in [6.07, 6.45) is 3.88. The Morgan fingerprint density at radius 3 is 2.56 bits per heavy atom. The molecule has 0 aromatic carbocycles. The third kappa shape index (κ3) is 2.25. The molecule has 0 amide bonds. The van der Waals surface area contributed by atoms with Crippen LogP contribution in [0.2, 0.25) is 0 Å². The van der Waals surface area contributed by atoms with E-state index in [2.05, 4.69) is 34.5 Å². The highest BCUT2D eigenvalue weighted by Gasteiger charge is 2.38. The minimum absolute atomic E-state index is 0.342. The molecule has 1 aromatic rings. The van der Waals surface area contributed by atoms with Gasteiger partial charge in [0.05, 0.1) is 6.54 Å². The first-order valence-electron chi connectivity index (χ1n) is 5.79. The summed E-state index contributed by atoms with van der Waals surface area (Å²) in [5, 5.41) is 11.2. The molecule has 1 heterocycles. The van der Waals surface area contributed by atoms with Crippen LogP contribution >= 0.6 is 0 Å². The van der Waals surface area contributed by atoms with Gasteiger partial charge >= 0.3 is 0 Å². The molecule has 0 atom stereocenters. The number of rotatable bonds is 5. The van der Waals surface area contributed by atoms with Crippen LogP contribution in [0.3, 0.4) is 0 Å². The maximum Gasteiger partial charge on any atom is 0.230 e. The molecule has 2 rings (SSSR count). The Labute approximate surface area is 96.2 Å². The molecule has 90 valence electrons. The van der Waals surface area contributed by atoms with Gasteiger partial charge in [0.15, 0.2) is 0 Å². The van der Waals surface area contributed by atoms with Crippen LogP contribution in [0, 0.1) is 6.92 Å². The third-order valence-electron chi connectivity index (χ3n) is 3.53. The zero-order valence-electron chi connectivity index (χ0n) is 10.3. The van der Waals surface area contributed by atoms with E-state index in [9.17, 15) is 0 Å². The lowest BCUT2D eigenvalue weighted by molar-refractivity contribution is 0.0592. The van der Waals surface area contributed by atoms with Crippen molar-refractivity contribution in [3.05, 3.63) is 11.8 Å². The zero-order chi connectivity index (χ0) is 11.6. The van der Waals surface area contributed by atoms with Gasteiger partial charge in [0.2, 0.25) is 11.8 Å². The largest absolute Gasteiger partial charge is 0.424 e. The summed E-state index contributed by atoms with van der Waals surface area (Å²) >= 11 is 0. The monoisotopic (exact) mass is 224 g/mol. The predicted octanol–water partition coefficient (Wildman–Crippen LogP) is 0.952. The molecule has 5 nitrogen and oxygen atoms in total. The van der Waals surface area contributed by atoms with E-state index < -0.39 is 0 Å². The lowest BCUT2D eigenvalue weighted by Gasteiger charge is -2.47. The number of aromatic nitrogens is 2. The van der Waals surface area contributed by atoms with Crippen LogP contribution in [0.15, 0.2) is 4.42 Å². The fourth-order valence-electron chi connectivity index (χ4n) is 2.18. The van der Waals surface area contributed by atoms with Gasteiger partial charge in [-0.3, -0.25) is 0 Å². The van der Waals surface area contributed by atoms with Gasteiger partial charge in [-0.15, -0.1) is 10.2 Å². The number of aryl methyl sites for hydroxylation is 1. The first-order valence-corrected chi connectivity index (χ1v) is 5.79. The molecule has 0 aliphatic heterocycles. The van der Waals surface area contributed by atoms with Gasteiger partial charge in [-0.2, -0.15) is 0 Å². The van der Waals surface area contributed by atoms with Crippen molar-refractivity contribution < 1.29 is 4.42 Å². The molecule has 0 bridgehead atoms. The summed E-state index contributed by atoms with van der Waals surface area (Å²) in [6, 6.07) is 0. The molecule has 0 radical (unpaired) electrons. The third-order valence-corrected chi connectivity index (χ3v) is 3.53. The SMILES string of the molecule is Cc1nnc(CNCC2(N(C)C)CCC2)o1. The highest BCUT2D eigenvalue weighted by Crippen LogP contribution is 2.35. The Hall–Kier alpha value is -0.940. The Balaban J connectivity index is 1.79. The minimum Gasteiger partial charge on any atom is -0.424 e. The summed E-state index contributed by atoms with van der Waals surface area (Å²) in [6.45, 7) is 3.46. The molecule has 1 N–H and O–H groups in total. The number of likely N-dealkylation sites (N-methyl/N-ethyl adjacent to an activating group) is 1. The zero-order valence-corrected chi connectivity index (χ0v) is 10.3. The van der Waals surface area contributed by atoms with E-state index in [1.54, 1.807) is 0 Å². The topological polar surface area (TPSA) is 54.2 Å². The highest BCUT2D eigenvalue weighted by molar-refractivity contribution is 4.97. The number of hydrogen-bond acceptors (Lipinski definition) is 5.